The van der Waals surface area contributed by atoms with E-state index in [1.807, 2.05) is 36.4 Å². The van der Waals surface area contributed by atoms with E-state index in [4.69, 9.17) is 26.1 Å². The Morgan fingerprint density at radius 1 is 1.16 bits per heavy atom. The third-order valence-electron chi connectivity index (χ3n) is 6.06. The number of hydrogen-bond acceptors (Lipinski definition) is 5. The van der Waals surface area contributed by atoms with Crippen LogP contribution in [0.3, 0.4) is 0 Å². The second-order valence-corrected chi connectivity index (χ2v) is 9.26. The molecule has 2 aliphatic heterocycles. The van der Waals surface area contributed by atoms with Gasteiger partial charge in [-0.25, -0.2) is 4.98 Å². The second kappa shape index (κ2) is 8.69. The molecule has 1 aromatic heterocycles. The van der Waals surface area contributed by atoms with Crippen molar-refractivity contribution in [3.05, 3.63) is 53.3 Å². The fraction of sp³-hybridized carbons (Fsp3) is 0.458. The van der Waals surface area contributed by atoms with Gasteiger partial charge in [-0.05, 0) is 63.8 Å². The highest BCUT2D eigenvalue weighted by molar-refractivity contribution is 6.31. The Bertz CT molecular complexity index is 1070. The van der Waals surface area contributed by atoms with Gasteiger partial charge in [-0.15, -0.1) is 0 Å². The van der Waals surface area contributed by atoms with Crippen molar-refractivity contribution < 1.29 is 9.47 Å². The van der Waals surface area contributed by atoms with Crippen molar-refractivity contribution in [1.82, 2.24) is 19.4 Å². The van der Waals surface area contributed by atoms with E-state index >= 15 is 0 Å². The van der Waals surface area contributed by atoms with E-state index in [2.05, 4.69) is 34.5 Å². The van der Waals surface area contributed by atoms with E-state index in [0.29, 0.717) is 12.6 Å². The van der Waals surface area contributed by atoms with E-state index in [1.165, 1.54) is 0 Å². The summed E-state index contributed by atoms with van der Waals surface area (Å²) < 4.78 is 14.6. The third kappa shape index (κ3) is 4.38. The van der Waals surface area contributed by atoms with Gasteiger partial charge in [0.1, 0.15) is 18.5 Å². The molecule has 3 heterocycles. The van der Waals surface area contributed by atoms with Gasteiger partial charge in [0.2, 0.25) is 0 Å². The predicted octanol–water partition coefficient (Wildman–Crippen LogP) is 4.23. The smallest absolute Gasteiger partial charge is 0.161 e. The zero-order chi connectivity index (χ0) is 21.4. The maximum atomic E-state index is 6.35. The van der Waals surface area contributed by atoms with Crippen LogP contribution in [0.4, 0.5) is 0 Å². The fourth-order valence-corrected chi connectivity index (χ4v) is 4.93. The molecular formula is C24H29ClN4O2. The zero-order valence-corrected chi connectivity index (χ0v) is 18.9. The van der Waals surface area contributed by atoms with E-state index in [-0.39, 0.29) is 6.10 Å². The number of imidazole rings is 1. The van der Waals surface area contributed by atoms with E-state index in [1.54, 1.807) is 0 Å². The van der Waals surface area contributed by atoms with Crippen LogP contribution < -0.4 is 9.47 Å². The molecule has 0 spiro atoms. The number of para-hydroxylation sites is 2. The van der Waals surface area contributed by atoms with Gasteiger partial charge in [0.15, 0.2) is 11.5 Å². The quantitative estimate of drug-likeness (QED) is 0.594. The van der Waals surface area contributed by atoms with E-state index in [0.717, 1.165) is 72.4 Å². The monoisotopic (exact) mass is 440 g/mol. The summed E-state index contributed by atoms with van der Waals surface area (Å²) in [6, 6.07) is 14.3. The van der Waals surface area contributed by atoms with Gasteiger partial charge < -0.3 is 18.9 Å². The first-order chi connectivity index (χ1) is 15.1. The van der Waals surface area contributed by atoms with Gasteiger partial charge in [-0.1, -0.05) is 23.7 Å². The summed E-state index contributed by atoms with van der Waals surface area (Å²) in [5.41, 5.74) is 2.14. The molecule has 2 aliphatic rings. The summed E-state index contributed by atoms with van der Waals surface area (Å²) in [7, 11) is 4.17. The topological polar surface area (TPSA) is 42.8 Å². The van der Waals surface area contributed by atoms with Crippen LogP contribution in [0.15, 0.2) is 42.5 Å². The number of benzene rings is 2. The molecule has 0 saturated carbocycles. The Kier molecular flexibility index (Phi) is 5.78. The Labute approximate surface area is 188 Å². The van der Waals surface area contributed by atoms with Crippen molar-refractivity contribution >= 4 is 22.6 Å². The molecule has 0 aliphatic carbocycles. The van der Waals surface area contributed by atoms with Crippen molar-refractivity contribution in [2.75, 3.05) is 40.3 Å². The number of hydrogen-bond donors (Lipinski definition) is 0. The van der Waals surface area contributed by atoms with E-state index < -0.39 is 0 Å². The van der Waals surface area contributed by atoms with Crippen LogP contribution in [0.5, 0.6) is 11.5 Å². The minimum atomic E-state index is 0.0453. The highest BCUT2D eigenvalue weighted by Crippen LogP contribution is 2.33. The average Bonchev–Trinajstić information content (AvgIpc) is 3.10. The summed E-state index contributed by atoms with van der Waals surface area (Å²) in [5, 5.41) is 0.754. The summed E-state index contributed by atoms with van der Waals surface area (Å²) in [5.74, 6) is 2.78. The summed E-state index contributed by atoms with van der Waals surface area (Å²) in [6.45, 7) is 4.31. The Hall–Kier alpha value is -2.28. The van der Waals surface area contributed by atoms with Crippen LogP contribution in [0.25, 0.3) is 11.0 Å². The minimum absolute atomic E-state index is 0.0453. The molecule has 5 rings (SSSR count). The average molecular weight is 441 g/mol. The van der Waals surface area contributed by atoms with Crippen molar-refractivity contribution in [3.63, 3.8) is 0 Å². The lowest BCUT2D eigenvalue weighted by Crippen LogP contribution is -2.45. The molecule has 0 unspecified atom stereocenters. The Balaban J connectivity index is 1.36. The van der Waals surface area contributed by atoms with Crippen LogP contribution in [-0.2, 0) is 6.54 Å². The zero-order valence-electron chi connectivity index (χ0n) is 18.1. The third-order valence-corrected chi connectivity index (χ3v) is 6.29. The molecule has 0 radical (unpaired) electrons. The van der Waals surface area contributed by atoms with Crippen LogP contribution in [-0.4, -0.2) is 65.8 Å². The highest BCUT2D eigenvalue weighted by Gasteiger charge is 2.29. The maximum absolute atomic E-state index is 6.35. The first-order valence-electron chi connectivity index (χ1n) is 11.0. The molecule has 1 saturated heterocycles. The Morgan fingerprint density at radius 3 is 2.84 bits per heavy atom. The van der Waals surface area contributed by atoms with Crippen LogP contribution in [0.1, 0.15) is 24.7 Å². The lowest BCUT2D eigenvalue weighted by molar-refractivity contribution is 0.0461. The van der Waals surface area contributed by atoms with Crippen molar-refractivity contribution in [2.45, 2.75) is 31.5 Å². The predicted molar refractivity (Wildman–Crippen MR) is 123 cm³/mol. The maximum Gasteiger partial charge on any atom is 0.161 e. The molecule has 3 aromatic rings. The molecular weight excluding hydrogens is 412 g/mol. The number of likely N-dealkylation sites (tertiary alicyclic amines) is 1. The Morgan fingerprint density at radius 2 is 2.00 bits per heavy atom. The number of aromatic nitrogens is 2. The van der Waals surface area contributed by atoms with Gasteiger partial charge >= 0.3 is 0 Å². The minimum Gasteiger partial charge on any atom is -0.486 e. The molecule has 1 fully saturated rings. The molecule has 0 bridgehead atoms. The van der Waals surface area contributed by atoms with Crippen molar-refractivity contribution in [1.29, 1.82) is 0 Å². The number of halogens is 1. The molecule has 7 heteroatoms. The largest absolute Gasteiger partial charge is 0.486 e. The van der Waals surface area contributed by atoms with Crippen molar-refractivity contribution in [3.8, 4) is 11.5 Å². The molecule has 164 valence electrons. The highest BCUT2D eigenvalue weighted by atomic mass is 35.5. The normalized spacial score (nSPS) is 21.7. The molecule has 6 nitrogen and oxygen atoms in total. The van der Waals surface area contributed by atoms with E-state index in [9.17, 15) is 0 Å². The van der Waals surface area contributed by atoms with Crippen molar-refractivity contribution in [2.24, 2.45) is 0 Å². The number of ether oxygens (including phenoxy) is 2. The molecule has 31 heavy (non-hydrogen) atoms. The lowest BCUT2D eigenvalue weighted by atomic mass is 10.0. The number of piperidine rings is 1. The first kappa shape index (κ1) is 20.6. The van der Waals surface area contributed by atoms with Crippen LogP contribution in [0, 0.1) is 0 Å². The van der Waals surface area contributed by atoms with Gasteiger partial charge in [0.05, 0.1) is 17.6 Å². The lowest BCUT2D eigenvalue weighted by Gasteiger charge is -2.37. The van der Waals surface area contributed by atoms with Crippen LogP contribution in [0.2, 0.25) is 5.02 Å². The standard InChI is InChI=1S/C24H29ClN4O2/c1-27(2)15-24-26-20-10-9-17(25)12-21(20)29(24)18-6-5-11-28(13-18)14-19-16-30-22-7-3-4-8-23(22)31-19/h3-4,7-10,12,18-19H,5-6,11,13-16H2,1-2H3/t18-,19-/m0/s1. The molecule has 2 atom stereocenters. The summed E-state index contributed by atoms with van der Waals surface area (Å²) in [6.07, 6.45) is 2.33. The SMILES string of the molecule is CN(C)Cc1nc2ccc(Cl)cc2n1[C@H]1CCCN(C[C@H]2COc3ccccc3O2)C1. The first-order valence-corrected chi connectivity index (χ1v) is 11.4. The fourth-order valence-electron chi connectivity index (χ4n) is 4.77. The molecule has 0 N–H and O–H groups in total. The summed E-state index contributed by atoms with van der Waals surface area (Å²) in [4.78, 5) is 9.61. The number of rotatable bonds is 5. The molecule has 2 aromatic carbocycles. The second-order valence-electron chi connectivity index (χ2n) is 8.82. The van der Waals surface area contributed by atoms with Gasteiger partial charge in [0.25, 0.3) is 0 Å². The molecule has 0 amide bonds. The number of nitrogens with zero attached hydrogens (tertiary/aromatic N) is 4. The number of fused-ring (bicyclic) bond motifs is 2. The van der Waals surface area contributed by atoms with Gasteiger partial charge in [0, 0.05) is 24.2 Å². The summed E-state index contributed by atoms with van der Waals surface area (Å²) >= 11 is 6.35. The van der Waals surface area contributed by atoms with Gasteiger partial charge in [-0.3, -0.25) is 4.90 Å². The van der Waals surface area contributed by atoms with Crippen LogP contribution >= 0.6 is 11.6 Å². The van der Waals surface area contributed by atoms with Gasteiger partial charge in [-0.2, -0.15) is 0 Å².